The van der Waals surface area contributed by atoms with Crippen LogP contribution in [-0.4, -0.2) is 18.0 Å². The summed E-state index contributed by atoms with van der Waals surface area (Å²) in [6.07, 6.45) is 24.3. The van der Waals surface area contributed by atoms with Crippen molar-refractivity contribution >= 4 is 15.9 Å². The molecule has 24 heavy (non-hydrogen) atoms. The van der Waals surface area contributed by atoms with Crippen LogP contribution in [0.25, 0.3) is 0 Å². The van der Waals surface area contributed by atoms with Gasteiger partial charge < -0.3 is 4.74 Å². The Morgan fingerprint density at radius 3 is 1.88 bits per heavy atom. The number of hydrogen-bond donors (Lipinski definition) is 0. The lowest BCUT2D eigenvalue weighted by Gasteiger charge is -2.34. The Balaban J connectivity index is 1.86. The standard InChI is InChI=1S/C22H43BrO/c1-2-3-12-18-22(21-16-15-17-21)24-20-14-11-9-7-5-4-6-8-10-13-19-23/h21-22H,2-20H2,1H3. The van der Waals surface area contributed by atoms with Crippen molar-refractivity contribution in [3.05, 3.63) is 0 Å². The molecule has 0 aromatic carbocycles. The lowest BCUT2D eigenvalue weighted by Crippen LogP contribution is -2.29. The van der Waals surface area contributed by atoms with E-state index in [2.05, 4.69) is 22.9 Å². The van der Waals surface area contributed by atoms with Crippen molar-refractivity contribution in [1.82, 2.24) is 0 Å². The van der Waals surface area contributed by atoms with Gasteiger partial charge in [0.2, 0.25) is 0 Å². The Kier molecular flexibility index (Phi) is 15.8. The molecule has 1 saturated carbocycles. The second-order valence-electron chi connectivity index (χ2n) is 7.82. The highest BCUT2D eigenvalue weighted by Crippen LogP contribution is 2.33. The molecule has 0 heterocycles. The summed E-state index contributed by atoms with van der Waals surface area (Å²) in [6, 6.07) is 0. The van der Waals surface area contributed by atoms with E-state index in [0.29, 0.717) is 6.10 Å². The Hall–Kier alpha value is 0.440. The van der Waals surface area contributed by atoms with E-state index in [1.54, 1.807) is 0 Å². The molecular weight excluding hydrogens is 360 g/mol. The molecule has 1 nitrogen and oxygen atoms in total. The minimum absolute atomic E-state index is 0.588. The van der Waals surface area contributed by atoms with Crippen LogP contribution in [-0.2, 0) is 4.74 Å². The molecule has 0 aromatic rings. The fourth-order valence-electron chi connectivity index (χ4n) is 3.71. The van der Waals surface area contributed by atoms with Gasteiger partial charge in [-0.25, -0.2) is 0 Å². The molecular formula is C22H43BrO. The monoisotopic (exact) mass is 402 g/mol. The van der Waals surface area contributed by atoms with Gasteiger partial charge in [0.05, 0.1) is 6.10 Å². The zero-order valence-electron chi connectivity index (χ0n) is 16.4. The fourth-order valence-corrected chi connectivity index (χ4v) is 4.10. The summed E-state index contributed by atoms with van der Waals surface area (Å²) < 4.78 is 6.27. The first-order valence-electron chi connectivity index (χ1n) is 11.1. The summed E-state index contributed by atoms with van der Waals surface area (Å²) in [5.41, 5.74) is 0. The number of unbranched alkanes of at least 4 members (excludes halogenated alkanes) is 11. The Labute approximate surface area is 160 Å². The molecule has 0 spiro atoms. The van der Waals surface area contributed by atoms with Crippen molar-refractivity contribution < 1.29 is 4.74 Å². The number of alkyl halides is 1. The third-order valence-electron chi connectivity index (χ3n) is 5.63. The van der Waals surface area contributed by atoms with Crippen molar-refractivity contribution in [2.75, 3.05) is 11.9 Å². The first-order chi connectivity index (χ1) is 11.9. The van der Waals surface area contributed by atoms with E-state index in [9.17, 15) is 0 Å². The van der Waals surface area contributed by atoms with Crippen molar-refractivity contribution in [2.24, 2.45) is 5.92 Å². The van der Waals surface area contributed by atoms with Crippen LogP contribution in [0.2, 0.25) is 0 Å². The molecule has 0 bridgehead atoms. The molecule has 0 saturated heterocycles. The SMILES string of the molecule is CCCCCC(OCCCCCCCCCCCCBr)C1CCC1. The Morgan fingerprint density at radius 1 is 0.792 bits per heavy atom. The summed E-state index contributed by atoms with van der Waals surface area (Å²) in [7, 11) is 0. The third kappa shape index (κ3) is 11.9. The van der Waals surface area contributed by atoms with Crippen LogP contribution in [0, 0.1) is 5.92 Å². The van der Waals surface area contributed by atoms with Crippen LogP contribution in [0.3, 0.4) is 0 Å². The Morgan fingerprint density at radius 2 is 1.38 bits per heavy atom. The van der Waals surface area contributed by atoms with Gasteiger partial charge >= 0.3 is 0 Å². The number of halogens is 1. The summed E-state index contributed by atoms with van der Waals surface area (Å²) in [6.45, 7) is 3.31. The first kappa shape index (κ1) is 22.5. The van der Waals surface area contributed by atoms with Gasteiger partial charge in [0.25, 0.3) is 0 Å². The lowest BCUT2D eigenvalue weighted by molar-refractivity contribution is -0.0213. The highest BCUT2D eigenvalue weighted by Gasteiger charge is 2.27. The molecule has 0 N–H and O–H groups in total. The molecule has 1 atom stereocenters. The lowest BCUT2D eigenvalue weighted by atomic mass is 9.79. The molecule has 2 heteroatoms. The van der Waals surface area contributed by atoms with E-state index in [1.807, 2.05) is 0 Å². The maximum atomic E-state index is 6.27. The fraction of sp³-hybridized carbons (Fsp3) is 1.00. The largest absolute Gasteiger partial charge is 0.378 e. The predicted octanol–water partition coefficient (Wildman–Crippen LogP) is 8.05. The van der Waals surface area contributed by atoms with E-state index in [-0.39, 0.29) is 0 Å². The topological polar surface area (TPSA) is 9.23 Å². The van der Waals surface area contributed by atoms with Gasteiger partial charge in [-0.05, 0) is 38.0 Å². The van der Waals surface area contributed by atoms with Crippen molar-refractivity contribution in [2.45, 2.75) is 122 Å². The molecule has 0 amide bonds. The second kappa shape index (κ2) is 16.9. The van der Waals surface area contributed by atoms with Crippen molar-refractivity contribution in [3.63, 3.8) is 0 Å². The molecule has 0 radical (unpaired) electrons. The number of ether oxygens (including phenoxy) is 1. The van der Waals surface area contributed by atoms with E-state index in [1.165, 1.54) is 114 Å². The van der Waals surface area contributed by atoms with E-state index in [4.69, 9.17) is 4.74 Å². The van der Waals surface area contributed by atoms with E-state index < -0.39 is 0 Å². The van der Waals surface area contributed by atoms with Gasteiger partial charge in [-0.3, -0.25) is 0 Å². The first-order valence-corrected chi connectivity index (χ1v) is 12.2. The van der Waals surface area contributed by atoms with E-state index in [0.717, 1.165) is 12.5 Å². The quantitative estimate of drug-likeness (QED) is 0.166. The van der Waals surface area contributed by atoms with Gasteiger partial charge in [0.1, 0.15) is 0 Å². The van der Waals surface area contributed by atoms with Gasteiger partial charge in [-0.2, -0.15) is 0 Å². The van der Waals surface area contributed by atoms with Gasteiger partial charge in [0.15, 0.2) is 0 Å². The summed E-state index contributed by atoms with van der Waals surface area (Å²) in [5, 5.41) is 1.18. The third-order valence-corrected chi connectivity index (χ3v) is 6.19. The average Bonchev–Trinajstić information content (AvgIpc) is 2.54. The number of hydrogen-bond acceptors (Lipinski definition) is 1. The molecule has 0 aliphatic heterocycles. The second-order valence-corrected chi connectivity index (χ2v) is 8.61. The minimum Gasteiger partial charge on any atom is -0.378 e. The smallest absolute Gasteiger partial charge is 0.0603 e. The molecule has 1 aliphatic carbocycles. The maximum Gasteiger partial charge on any atom is 0.0603 e. The molecule has 1 fully saturated rings. The average molecular weight is 403 g/mol. The molecule has 144 valence electrons. The molecule has 1 rings (SSSR count). The zero-order chi connectivity index (χ0) is 17.3. The number of rotatable bonds is 18. The van der Waals surface area contributed by atoms with Crippen LogP contribution in [0.4, 0.5) is 0 Å². The van der Waals surface area contributed by atoms with Gasteiger partial charge in [-0.15, -0.1) is 0 Å². The summed E-state index contributed by atoms with van der Waals surface area (Å²) >= 11 is 3.50. The van der Waals surface area contributed by atoms with Crippen LogP contribution in [0.15, 0.2) is 0 Å². The van der Waals surface area contributed by atoms with Gasteiger partial charge in [-0.1, -0.05) is 99.9 Å². The van der Waals surface area contributed by atoms with Crippen LogP contribution < -0.4 is 0 Å². The van der Waals surface area contributed by atoms with Crippen LogP contribution >= 0.6 is 15.9 Å². The van der Waals surface area contributed by atoms with Crippen LogP contribution in [0.5, 0.6) is 0 Å². The van der Waals surface area contributed by atoms with Crippen molar-refractivity contribution in [1.29, 1.82) is 0 Å². The predicted molar refractivity (Wildman–Crippen MR) is 111 cm³/mol. The minimum atomic E-state index is 0.588. The molecule has 1 unspecified atom stereocenters. The highest BCUT2D eigenvalue weighted by atomic mass is 79.9. The van der Waals surface area contributed by atoms with Gasteiger partial charge in [0, 0.05) is 11.9 Å². The molecule has 0 aromatic heterocycles. The molecule has 1 aliphatic rings. The maximum absolute atomic E-state index is 6.27. The Bertz CT molecular complexity index is 252. The highest BCUT2D eigenvalue weighted by molar-refractivity contribution is 9.09. The van der Waals surface area contributed by atoms with Crippen molar-refractivity contribution in [3.8, 4) is 0 Å². The normalized spacial score (nSPS) is 16.2. The summed E-state index contributed by atoms with van der Waals surface area (Å²) in [4.78, 5) is 0. The summed E-state index contributed by atoms with van der Waals surface area (Å²) in [5.74, 6) is 0.895. The van der Waals surface area contributed by atoms with Crippen LogP contribution in [0.1, 0.15) is 116 Å². The van der Waals surface area contributed by atoms with E-state index >= 15 is 0 Å². The zero-order valence-corrected chi connectivity index (χ0v) is 18.0.